The van der Waals surface area contributed by atoms with Crippen LogP contribution >= 0.6 is 11.3 Å². The first-order valence-electron chi connectivity index (χ1n) is 11.7. The number of Topliss-reactive ketones (excluding diaryl/α,β-unsaturated/α-hetero) is 1. The minimum Gasteiger partial charge on any atom is -0.507 e. The lowest BCUT2D eigenvalue weighted by molar-refractivity contribution is -0.132. The number of aromatic nitrogens is 1. The van der Waals surface area contributed by atoms with Crippen LogP contribution in [-0.4, -0.2) is 21.8 Å². The predicted octanol–water partition coefficient (Wildman–Crippen LogP) is 6.80. The molecule has 182 valence electrons. The first kappa shape index (κ1) is 23.9. The molecular weight excluding hydrogens is 475 g/mol. The Morgan fingerprint density at radius 1 is 1.03 bits per heavy atom. The van der Waals surface area contributed by atoms with E-state index in [1.54, 1.807) is 0 Å². The first-order chi connectivity index (χ1) is 17.2. The Morgan fingerprint density at radius 2 is 1.69 bits per heavy atom. The van der Waals surface area contributed by atoms with Crippen LogP contribution in [0, 0.1) is 19.7 Å². The van der Waals surface area contributed by atoms with Gasteiger partial charge in [-0.25, -0.2) is 9.37 Å². The van der Waals surface area contributed by atoms with Gasteiger partial charge in [-0.1, -0.05) is 55.5 Å². The van der Waals surface area contributed by atoms with Gasteiger partial charge in [0.1, 0.15) is 11.6 Å². The highest BCUT2D eigenvalue weighted by molar-refractivity contribution is 7.22. The fourth-order valence-corrected chi connectivity index (χ4v) is 5.80. The molecule has 1 amide bonds. The van der Waals surface area contributed by atoms with Gasteiger partial charge in [-0.3, -0.25) is 14.5 Å². The summed E-state index contributed by atoms with van der Waals surface area (Å²) in [6.45, 7) is 8.13. The Kier molecular flexibility index (Phi) is 5.96. The lowest BCUT2D eigenvalue weighted by Gasteiger charge is -2.23. The number of halogens is 1. The number of carbonyl (C=O) groups excluding carboxylic acids is 2. The number of rotatable bonds is 4. The molecule has 5 rings (SSSR count). The Labute approximate surface area is 212 Å². The number of aliphatic hydroxyl groups excluding tert-OH is 1. The molecule has 1 atom stereocenters. The Balaban J connectivity index is 1.73. The van der Waals surface area contributed by atoms with Gasteiger partial charge in [0.25, 0.3) is 5.78 Å². The van der Waals surface area contributed by atoms with Crippen molar-refractivity contribution < 1.29 is 19.1 Å². The molecule has 3 aromatic carbocycles. The number of amides is 1. The van der Waals surface area contributed by atoms with Crippen LogP contribution in [-0.2, 0) is 9.59 Å². The molecule has 1 saturated heterocycles. The molecule has 4 aromatic rings. The van der Waals surface area contributed by atoms with E-state index in [9.17, 15) is 19.1 Å². The zero-order valence-electron chi connectivity index (χ0n) is 20.4. The van der Waals surface area contributed by atoms with Gasteiger partial charge in [0, 0.05) is 5.56 Å². The van der Waals surface area contributed by atoms with Gasteiger partial charge >= 0.3 is 5.91 Å². The summed E-state index contributed by atoms with van der Waals surface area (Å²) in [7, 11) is 0. The van der Waals surface area contributed by atoms with Crippen molar-refractivity contribution in [1.29, 1.82) is 0 Å². The third kappa shape index (κ3) is 3.99. The summed E-state index contributed by atoms with van der Waals surface area (Å²) < 4.78 is 14.4. The number of benzene rings is 3. The molecular formula is C29H25FN2O3S. The highest BCUT2D eigenvalue weighted by atomic mass is 32.1. The minimum absolute atomic E-state index is 0.0453. The normalized spacial score (nSPS) is 17.5. The molecule has 1 N–H and O–H groups in total. The van der Waals surface area contributed by atoms with Crippen LogP contribution in [0.25, 0.3) is 16.0 Å². The third-order valence-electron chi connectivity index (χ3n) is 6.51. The van der Waals surface area contributed by atoms with Crippen molar-refractivity contribution in [2.75, 3.05) is 4.90 Å². The topological polar surface area (TPSA) is 70.5 Å². The fourth-order valence-electron chi connectivity index (χ4n) is 4.63. The van der Waals surface area contributed by atoms with E-state index in [-0.39, 0.29) is 16.9 Å². The number of fused-ring (bicyclic) bond motifs is 1. The van der Waals surface area contributed by atoms with Crippen molar-refractivity contribution in [3.8, 4) is 0 Å². The number of nitrogens with zero attached hydrogens (tertiary/aromatic N) is 2. The predicted molar refractivity (Wildman–Crippen MR) is 141 cm³/mol. The van der Waals surface area contributed by atoms with E-state index in [2.05, 4.69) is 13.8 Å². The summed E-state index contributed by atoms with van der Waals surface area (Å²) in [6, 6.07) is 16.0. The third-order valence-corrected chi connectivity index (χ3v) is 7.51. The van der Waals surface area contributed by atoms with Crippen LogP contribution in [0.4, 0.5) is 9.52 Å². The van der Waals surface area contributed by atoms with Crippen LogP contribution < -0.4 is 4.90 Å². The van der Waals surface area contributed by atoms with Crippen LogP contribution in [0.2, 0.25) is 0 Å². The Morgan fingerprint density at radius 3 is 2.33 bits per heavy atom. The van der Waals surface area contributed by atoms with Crippen LogP contribution in [0.3, 0.4) is 0 Å². The van der Waals surface area contributed by atoms with Crippen LogP contribution in [0.15, 0.2) is 66.2 Å². The number of carbonyl (C=O) groups is 2. The molecule has 0 saturated carbocycles. The van der Waals surface area contributed by atoms with Crippen molar-refractivity contribution in [1.82, 2.24) is 4.98 Å². The molecule has 0 aliphatic carbocycles. The van der Waals surface area contributed by atoms with Crippen molar-refractivity contribution in [2.45, 2.75) is 39.7 Å². The minimum atomic E-state index is -0.877. The summed E-state index contributed by atoms with van der Waals surface area (Å²) >= 11 is 1.33. The molecule has 7 heteroatoms. The average Bonchev–Trinajstić information content (AvgIpc) is 3.38. The molecule has 36 heavy (non-hydrogen) atoms. The number of hydrogen-bond acceptors (Lipinski definition) is 5. The maximum atomic E-state index is 13.5. The first-order valence-corrected chi connectivity index (χ1v) is 12.5. The lowest BCUT2D eigenvalue weighted by atomic mass is 9.93. The van der Waals surface area contributed by atoms with E-state index < -0.39 is 23.5 Å². The second kappa shape index (κ2) is 8.99. The van der Waals surface area contributed by atoms with E-state index in [0.29, 0.717) is 16.6 Å². The Bertz CT molecular complexity index is 1540. The molecule has 2 heterocycles. The average molecular weight is 501 g/mol. The van der Waals surface area contributed by atoms with Gasteiger partial charge in [-0.05, 0) is 72.4 Å². The van der Waals surface area contributed by atoms with Crippen LogP contribution in [0.5, 0.6) is 0 Å². The summed E-state index contributed by atoms with van der Waals surface area (Å²) in [6.07, 6.45) is 0. The van der Waals surface area contributed by atoms with Gasteiger partial charge in [0.15, 0.2) is 5.13 Å². The number of hydrogen-bond donors (Lipinski definition) is 1. The molecule has 0 bridgehead atoms. The van der Waals surface area contributed by atoms with Gasteiger partial charge in [-0.15, -0.1) is 0 Å². The van der Waals surface area contributed by atoms with Crippen LogP contribution in [0.1, 0.15) is 53.6 Å². The van der Waals surface area contributed by atoms with Gasteiger partial charge in [-0.2, -0.15) is 0 Å². The quantitative estimate of drug-likeness (QED) is 0.190. The molecule has 1 aromatic heterocycles. The molecule has 1 aliphatic heterocycles. The fraction of sp³-hybridized carbons (Fsp3) is 0.207. The van der Waals surface area contributed by atoms with Crippen molar-refractivity contribution >= 4 is 44.1 Å². The standard InChI is InChI=1S/C29H25FN2O3S/c1-15(2)18-5-7-19(8-6-18)25-23(26(33)20-9-11-21(30)12-10-20)27(34)28(35)32(25)29-31-24-17(4)13-16(3)14-22(24)36-29/h5-15,25,33H,1-4H3/b26-23+. The monoisotopic (exact) mass is 500 g/mol. The maximum absolute atomic E-state index is 13.5. The molecule has 5 nitrogen and oxygen atoms in total. The number of aryl methyl sites for hydroxylation is 2. The molecule has 1 aliphatic rings. The number of anilines is 1. The largest absolute Gasteiger partial charge is 0.507 e. The van der Waals surface area contributed by atoms with Crippen molar-refractivity contribution in [3.05, 3.63) is 99.9 Å². The molecule has 1 unspecified atom stereocenters. The maximum Gasteiger partial charge on any atom is 0.301 e. The van der Waals surface area contributed by atoms with Crippen molar-refractivity contribution in [3.63, 3.8) is 0 Å². The molecule has 0 spiro atoms. The summed E-state index contributed by atoms with van der Waals surface area (Å²) in [5.74, 6) is -2.07. The second-order valence-corrected chi connectivity index (χ2v) is 10.4. The van der Waals surface area contributed by atoms with E-state index in [1.165, 1.54) is 40.5 Å². The second-order valence-electron chi connectivity index (χ2n) is 9.42. The number of thiazole rings is 1. The zero-order valence-corrected chi connectivity index (χ0v) is 21.2. The van der Waals surface area contributed by atoms with E-state index in [0.717, 1.165) is 26.9 Å². The number of aliphatic hydroxyl groups is 1. The molecule has 0 radical (unpaired) electrons. The summed E-state index contributed by atoms with van der Waals surface area (Å²) in [4.78, 5) is 32.9. The Hall–Kier alpha value is -3.84. The highest BCUT2D eigenvalue weighted by Gasteiger charge is 2.48. The summed E-state index contributed by atoms with van der Waals surface area (Å²) in [5.41, 5.74) is 4.83. The zero-order chi connectivity index (χ0) is 25.7. The summed E-state index contributed by atoms with van der Waals surface area (Å²) in [5, 5.41) is 11.6. The smallest absolute Gasteiger partial charge is 0.301 e. The van der Waals surface area contributed by atoms with Gasteiger partial charge < -0.3 is 5.11 Å². The SMILES string of the molecule is Cc1cc(C)c2nc(N3C(=O)C(=O)/C(=C(/O)c4ccc(F)cc4)C3c3ccc(C(C)C)cc3)sc2c1. The highest BCUT2D eigenvalue weighted by Crippen LogP contribution is 2.45. The van der Waals surface area contributed by atoms with E-state index in [1.807, 2.05) is 50.2 Å². The van der Waals surface area contributed by atoms with Gasteiger partial charge in [0.05, 0.1) is 21.8 Å². The van der Waals surface area contributed by atoms with Gasteiger partial charge in [0.2, 0.25) is 0 Å². The van der Waals surface area contributed by atoms with E-state index in [4.69, 9.17) is 4.98 Å². The molecule has 1 fully saturated rings. The van der Waals surface area contributed by atoms with Crippen molar-refractivity contribution in [2.24, 2.45) is 0 Å². The lowest BCUT2D eigenvalue weighted by Crippen LogP contribution is -2.29. The van der Waals surface area contributed by atoms with E-state index >= 15 is 0 Å². The number of ketones is 1.